The Morgan fingerprint density at radius 1 is 0.941 bits per heavy atom. The lowest BCUT2D eigenvalue weighted by Crippen LogP contribution is -2.30. The highest BCUT2D eigenvalue weighted by Crippen LogP contribution is 2.10. The lowest BCUT2D eigenvalue weighted by atomic mass is 10.1. The molecule has 0 aliphatic carbocycles. The molecule has 0 amide bonds. The zero-order valence-electron chi connectivity index (χ0n) is 11.7. The summed E-state index contributed by atoms with van der Waals surface area (Å²) in [5, 5.41) is 7.86. The smallest absolute Gasteiger partial charge is 0.193 e. The molecule has 0 aromatic carbocycles. The SMILES string of the molecule is CCCCCCCCCCN1CCN(C)C1=N. The van der Waals surface area contributed by atoms with Crippen LogP contribution < -0.4 is 0 Å². The molecule has 1 N–H and O–H groups in total. The maximum absolute atomic E-state index is 7.86. The molecule has 1 rings (SSSR count). The summed E-state index contributed by atoms with van der Waals surface area (Å²) in [6, 6.07) is 0. The number of guanidine groups is 1. The van der Waals surface area contributed by atoms with Crippen molar-refractivity contribution in [2.24, 2.45) is 0 Å². The lowest BCUT2D eigenvalue weighted by molar-refractivity contribution is 0.432. The van der Waals surface area contributed by atoms with Crippen LogP contribution in [0, 0.1) is 5.41 Å². The Morgan fingerprint density at radius 2 is 1.53 bits per heavy atom. The van der Waals surface area contributed by atoms with Gasteiger partial charge in [-0.15, -0.1) is 0 Å². The van der Waals surface area contributed by atoms with Crippen LogP contribution in [0.4, 0.5) is 0 Å². The second kappa shape index (κ2) is 8.37. The van der Waals surface area contributed by atoms with Gasteiger partial charge in [0, 0.05) is 26.7 Å². The van der Waals surface area contributed by atoms with E-state index in [1.807, 2.05) is 11.9 Å². The Hall–Kier alpha value is -0.730. The van der Waals surface area contributed by atoms with E-state index in [9.17, 15) is 0 Å². The van der Waals surface area contributed by atoms with E-state index in [4.69, 9.17) is 5.41 Å². The predicted molar refractivity (Wildman–Crippen MR) is 74.5 cm³/mol. The molecule has 3 nitrogen and oxygen atoms in total. The number of nitrogens with zero attached hydrogens (tertiary/aromatic N) is 2. The molecule has 0 spiro atoms. The summed E-state index contributed by atoms with van der Waals surface area (Å²) in [4.78, 5) is 4.24. The predicted octanol–water partition coefficient (Wildman–Crippen LogP) is 3.31. The Balaban J connectivity index is 1.89. The van der Waals surface area contributed by atoms with E-state index in [2.05, 4.69) is 11.8 Å². The van der Waals surface area contributed by atoms with Crippen LogP contribution in [-0.2, 0) is 0 Å². The summed E-state index contributed by atoms with van der Waals surface area (Å²) in [6.07, 6.45) is 10.9. The van der Waals surface area contributed by atoms with Gasteiger partial charge in [0.1, 0.15) is 0 Å². The minimum atomic E-state index is 0.716. The van der Waals surface area contributed by atoms with Crippen molar-refractivity contribution < 1.29 is 0 Å². The van der Waals surface area contributed by atoms with E-state index in [0.29, 0.717) is 5.96 Å². The second-order valence-electron chi connectivity index (χ2n) is 5.21. The van der Waals surface area contributed by atoms with Crippen LogP contribution >= 0.6 is 0 Å². The zero-order valence-corrected chi connectivity index (χ0v) is 11.7. The largest absolute Gasteiger partial charge is 0.344 e. The van der Waals surface area contributed by atoms with Crippen molar-refractivity contribution in [2.75, 3.05) is 26.7 Å². The molecule has 0 aromatic heterocycles. The first kappa shape index (κ1) is 14.3. The van der Waals surface area contributed by atoms with Crippen LogP contribution in [0.1, 0.15) is 58.3 Å². The quantitative estimate of drug-likeness (QED) is 0.626. The molecular weight excluding hydrogens is 210 g/mol. The van der Waals surface area contributed by atoms with E-state index in [-0.39, 0.29) is 0 Å². The van der Waals surface area contributed by atoms with E-state index in [0.717, 1.165) is 19.6 Å². The van der Waals surface area contributed by atoms with Gasteiger partial charge in [0.25, 0.3) is 0 Å². The van der Waals surface area contributed by atoms with Gasteiger partial charge in [-0.05, 0) is 6.42 Å². The van der Waals surface area contributed by atoms with Gasteiger partial charge in [0.05, 0.1) is 0 Å². The molecule has 100 valence electrons. The fourth-order valence-electron chi connectivity index (χ4n) is 2.38. The lowest BCUT2D eigenvalue weighted by Gasteiger charge is -2.18. The van der Waals surface area contributed by atoms with Gasteiger partial charge in [0.2, 0.25) is 0 Å². The third-order valence-corrected chi connectivity index (χ3v) is 3.65. The molecule has 0 saturated carbocycles. The first-order valence-corrected chi connectivity index (χ1v) is 7.30. The number of nitrogens with one attached hydrogen (secondary N) is 1. The van der Waals surface area contributed by atoms with Gasteiger partial charge < -0.3 is 9.80 Å². The Bertz CT molecular complexity index is 216. The molecule has 0 atom stereocenters. The summed E-state index contributed by atoms with van der Waals surface area (Å²) in [6.45, 7) is 5.42. The van der Waals surface area contributed by atoms with Crippen LogP contribution in [0.25, 0.3) is 0 Å². The molecule has 1 heterocycles. The maximum Gasteiger partial charge on any atom is 0.193 e. The van der Waals surface area contributed by atoms with Crippen molar-refractivity contribution in [3.8, 4) is 0 Å². The Labute approximate surface area is 107 Å². The maximum atomic E-state index is 7.86. The third-order valence-electron chi connectivity index (χ3n) is 3.65. The molecule has 1 aliphatic heterocycles. The molecule has 1 saturated heterocycles. The number of rotatable bonds is 9. The normalized spacial score (nSPS) is 16.0. The van der Waals surface area contributed by atoms with E-state index < -0.39 is 0 Å². The molecule has 1 fully saturated rings. The average Bonchev–Trinajstić information content (AvgIpc) is 2.64. The first-order chi connectivity index (χ1) is 8.25. The summed E-state index contributed by atoms with van der Waals surface area (Å²) in [5.74, 6) is 0.716. The van der Waals surface area contributed by atoms with Crippen molar-refractivity contribution >= 4 is 5.96 Å². The highest BCUT2D eigenvalue weighted by molar-refractivity contribution is 5.78. The first-order valence-electron chi connectivity index (χ1n) is 7.30. The minimum absolute atomic E-state index is 0.716. The molecule has 1 aliphatic rings. The van der Waals surface area contributed by atoms with Gasteiger partial charge in [-0.25, -0.2) is 0 Å². The average molecular weight is 239 g/mol. The highest BCUT2D eigenvalue weighted by Gasteiger charge is 2.20. The number of hydrogen-bond donors (Lipinski definition) is 1. The van der Waals surface area contributed by atoms with Gasteiger partial charge in [-0.1, -0.05) is 51.9 Å². The van der Waals surface area contributed by atoms with Crippen molar-refractivity contribution in [1.29, 1.82) is 5.41 Å². The minimum Gasteiger partial charge on any atom is -0.344 e. The van der Waals surface area contributed by atoms with Crippen molar-refractivity contribution in [3.05, 3.63) is 0 Å². The summed E-state index contributed by atoms with van der Waals surface area (Å²) >= 11 is 0. The summed E-state index contributed by atoms with van der Waals surface area (Å²) < 4.78 is 0. The fraction of sp³-hybridized carbons (Fsp3) is 0.929. The molecule has 0 radical (unpaired) electrons. The van der Waals surface area contributed by atoms with Gasteiger partial charge in [-0.2, -0.15) is 0 Å². The number of unbranched alkanes of at least 4 members (excludes halogenated alkanes) is 7. The zero-order chi connectivity index (χ0) is 12.5. The van der Waals surface area contributed by atoms with Crippen LogP contribution in [0.3, 0.4) is 0 Å². The van der Waals surface area contributed by atoms with Crippen molar-refractivity contribution in [3.63, 3.8) is 0 Å². The number of likely N-dealkylation sites (N-methyl/N-ethyl adjacent to an activating group) is 1. The summed E-state index contributed by atoms with van der Waals surface area (Å²) in [5.41, 5.74) is 0. The van der Waals surface area contributed by atoms with Crippen molar-refractivity contribution in [2.45, 2.75) is 58.3 Å². The molecule has 0 unspecified atom stereocenters. The summed E-state index contributed by atoms with van der Waals surface area (Å²) in [7, 11) is 2.01. The highest BCUT2D eigenvalue weighted by atomic mass is 15.4. The number of hydrogen-bond acceptors (Lipinski definition) is 1. The fourth-order valence-corrected chi connectivity index (χ4v) is 2.38. The monoisotopic (exact) mass is 239 g/mol. The molecule has 17 heavy (non-hydrogen) atoms. The van der Waals surface area contributed by atoms with Crippen LogP contribution in [0.2, 0.25) is 0 Å². The van der Waals surface area contributed by atoms with Crippen molar-refractivity contribution in [1.82, 2.24) is 9.80 Å². The van der Waals surface area contributed by atoms with Gasteiger partial charge >= 0.3 is 0 Å². The van der Waals surface area contributed by atoms with Crippen LogP contribution in [-0.4, -0.2) is 42.4 Å². The second-order valence-corrected chi connectivity index (χ2v) is 5.21. The Kier molecular flexibility index (Phi) is 7.06. The van der Waals surface area contributed by atoms with E-state index >= 15 is 0 Å². The molecular formula is C14H29N3. The molecule has 0 aromatic rings. The van der Waals surface area contributed by atoms with Gasteiger partial charge in [-0.3, -0.25) is 5.41 Å². The third kappa shape index (κ3) is 5.42. The van der Waals surface area contributed by atoms with E-state index in [1.165, 1.54) is 51.4 Å². The van der Waals surface area contributed by atoms with Crippen LogP contribution in [0.5, 0.6) is 0 Å². The van der Waals surface area contributed by atoms with Gasteiger partial charge in [0.15, 0.2) is 5.96 Å². The molecule has 3 heteroatoms. The van der Waals surface area contributed by atoms with Crippen LogP contribution in [0.15, 0.2) is 0 Å². The Morgan fingerprint density at radius 3 is 2.06 bits per heavy atom. The topological polar surface area (TPSA) is 30.3 Å². The molecule has 0 bridgehead atoms. The van der Waals surface area contributed by atoms with E-state index in [1.54, 1.807) is 0 Å². The standard InChI is InChI=1S/C14H29N3/c1-3-4-5-6-7-8-9-10-11-17-13-12-16(2)14(17)15/h15H,3-13H2,1-2H3.